The van der Waals surface area contributed by atoms with Crippen LogP contribution in [0.5, 0.6) is 11.6 Å². The summed E-state index contributed by atoms with van der Waals surface area (Å²) in [5.74, 6) is 1.73. The van der Waals surface area contributed by atoms with E-state index in [1.807, 2.05) is 18.2 Å². The lowest BCUT2D eigenvalue weighted by Gasteiger charge is -2.09. The van der Waals surface area contributed by atoms with Gasteiger partial charge in [-0.25, -0.2) is 4.98 Å². The molecule has 16 heavy (non-hydrogen) atoms. The Kier molecular flexibility index (Phi) is 2.87. The molecule has 0 unspecified atom stereocenters. The minimum atomic E-state index is 0.281. The highest BCUT2D eigenvalue weighted by molar-refractivity contribution is 5.89. The summed E-state index contributed by atoms with van der Waals surface area (Å²) in [4.78, 5) is 8.52. The van der Waals surface area contributed by atoms with E-state index in [1.54, 1.807) is 14.2 Å². The average molecular weight is 219 g/mol. The van der Waals surface area contributed by atoms with E-state index in [1.165, 1.54) is 0 Å². The van der Waals surface area contributed by atoms with Crippen molar-refractivity contribution in [1.29, 1.82) is 0 Å². The van der Waals surface area contributed by atoms with E-state index in [0.29, 0.717) is 17.5 Å². The molecular formula is C11H13N3O2. The van der Waals surface area contributed by atoms with Gasteiger partial charge in [-0.05, 0) is 12.1 Å². The summed E-state index contributed by atoms with van der Waals surface area (Å²) in [5, 5.41) is 0.768. The van der Waals surface area contributed by atoms with Gasteiger partial charge in [0.25, 0.3) is 0 Å². The summed E-state index contributed by atoms with van der Waals surface area (Å²) < 4.78 is 10.5. The lowest BCUT2D eigenvalue weighted by atomic mass is 10.2. The quantitative estimate of drug-likeness (QED) is 0.837. The zero-order valence-electron chi connectivity index (χ0n) is 9.23. The van der Waals surface area contributed by atoms with Crippen LogP contribution in [0, 0.1) is 0 Å². The minimum Gasteiger partial charge on any atom is -0.496 e. The summed E-state index contributed by atoms with van der Waals surface area (Å²) in [6.07, 6.45) is 0. The van der Waals surface area contributed by atoms with Gasteiger partial charge in [0.05, 0.1) is 26.3 Å². The summed E-state index contributed by atoms with van der Waals surface area (Å²) in [6.45, 7) is 0.281. The number of methoxy groups -OCH3 is 2. The monoisotopic (exact) mass is 219 g/mol. The maximum absolute atomic E-state index is 5.52. The highest BCUT2D eigenvalue weighted by atomic mass is 16.5. The lowest BCUT2D eigenvalue weighted by molar-refractivity contribution is 0.392. The van der Waals surface area contributed by atoms with Gasteiger partial charge in [0.2, 0.25) is 5.88 Å². The van der Waals surface area contributed by atoms with Crippen LogP contribution in [0.25, 0.3) is 10.9 Å². The Morgan fingerprint density at radius 3 is 2.62 bits per heavy atom. The molecule has 2 aromatic rings. The Morgan fingerprint density at radius 2 is 2.00 bits per heavy atom. The summed E-state index contributed by atoms with van der Waals surface area (Å²) >= 11 is 0. The Morgan fingerprint density at radius 1 is 1.19 bits per heavy atom. The largest absolute Gasteiger partial charge is 0.496 e. The number of hydrogen-bond donors (Lipinski definition) is 1. The fourth-order valence-corrected chi connectivity index (χ4v) is 1.57. The number of benzene rings is 1. The van der Waals surface area contributed by atoms with E-state index in [4.69, 9.17) is 15.2 Å². The fourth-order valence-electron chi connectivity index (χ4n) is 1.57. The van der Waals surface area contributed by atoms with Crippen molar-refractivity contribution in [2.45, 2.75) is 6.54 Å². The topological polar surface area (TPSA) is 70.3 Å². The second-order valence-corrected chi connectivity index (χ2v) is 3.21. The normalized spacial score (nSPS) is 10.4. The van der Waals surface area contributed by atoms with Crippen molar-refractivity contribution in [3.63, 3.8) is 0 Å². The Bertz CT molecular complexity index is 514. The number of nitrogens with zero attached hydrogens (tertiary/aromatic N) is 2. The first kappa shape index (κ1) is 10.6. The summed E-state index contributed by atoms with van der Waals surface area (Å²) in [7, 11) is 3.17. The molecule has 0 atom stereocenters. The molecule has 0 saturated heterocycles. The third-order valence-electron chi connectivity index (χ3n) is 2.29. The molecule has 2 N–H and O–H groups in total. The molecule has 1 heterocycles. The minimum absolute atomic E-state index is 0.281. The first-order valence-electron chi connectivity index (χ1n) is 4.87. The molecule has 5 nitrogen and oxygen atoms in total. The van der Waals surface area contributed by atoms with E-state index in [2.05, 4.69) is 9.97 Å². The molecule has 0 bridgehead atoms. The van der Waals surface area contributed by atoms with E-state index in [0.717, 1.165) is 10.9 Å². The molecule has 0 radical (unpaired) electrons. The SMILES string of the molecule is COc1cccc2nc(CN)nc(OC)c12. The molecule has 1 aromatic carbocycles. The first-order valence-corrected chi connectivity index (χ1v) is 4.87. The van der Waals surface area contributed by atoms with E-state index in [9.17, 15) is 0 Å². The van der Waals surface area contributed by atoms with Gasteiger partial charge < -0.3 is 15.2 Å². The molecule has 1 aromatic heterocycles. The molecule has 2 rings (SSSR count). The standard InChI is InChI=1S/C11H13N3O2/c1-15-8-5-3-4-7-10(8)11(16-2)14-9(6-12)13-7/h3-5H,6,12H2,1-2H3. The van der Waals surface area contributed by atoms with Crippen LogP contribution in [0.3, 0.4) is 0 Å². The van der Waals surface area contributed by atoms with Crippen LogP contribution in [0.4, 0.5) is 0 Å². The molecule has 0 spiro atoms. The van der Waals surface area contributed by atoms with Crippen molar-refractivity contribution in [2.75, 3.05) is 14.2 Å². The molecular weight excluding hydrogens is 206 g/mol. The third-order valence-corrected chi connectivity index (χ3v) is 2.29. The molecule has 0 aliphatic rings. The van der Waals surface area contributed by atoms with E-state index in [-0.39, 0.29) is 6.54 Å². The number of hydrogen-bond acceptors (Lipinski definition) is 5. The van der Waals surface area contributed by atoms with Gasteiger partial charge in [-0.3, -0.25) is 0 Å². The van der Waals surface area contributed by atoms with Gasteiger partial charge in [-0.15, -0.1) is 0 Å². The van der Waals surface area contributed by atoms with Crippen molar-refractivity contribution in [3.05, 3.63) is 24.0 Å². The second-order valence-electron chi connectivity index (χ2n) is 3.21. The predicted molar refractivity (Wildman–Crippen MR) is 60.5 cm³/mol. The molecule has 0 fully saturated rings. The maximum atomic E-state index is 5.52. The van der Waals surface area contributed by atoms with Crippen LogP contribution in [0.2, 0.25) is 0 Å². The summed E-state index contributed by atoms with van der Waals surface area (Å²) in [6, 6.07) is 5.59. The summed E-state index contributed by atoms with van der Waals surface area (Å²) in [5.41, 5.74) is 6.29. The van der Waals surface area contributed by atoms with Crippen molar-refractivity contribution in [2.24, 2.45) is 5.73 Å². The number of ether oxygens (including phenoxy) is 2. The molecule has 0 amide bonds. The van der Waals surface area contributed by atoms with Crippen LogP contribution in [0.1, 0.15) is 5.82 Å². The average Bonchev–Trinajstić information content (AvgIpc) is 2.36. The van der Waals surface area contributed by atoms with Gasteiger partial charge >= 0.3 is 0 Å². The zero-order valence-corrected chi connectivity index (χ0v) is 9.23. The highest BCUT2D eigenvalue weighted by Gasteiger charge is 2.11. The van der Waals surface area contributed by atoms with Crippen LogP contribution in [-0.4, -0.2) is 24.2 Å². The molecule has 0 saturated carbocycles. The number of fused-ring (bicyclic) bond motifs is 1. The van der Waals surface area contributed by atoms with Crippen LogP contribution < -0.4 is 15.2 Å². The zero-order chi connectivity index (χ0) is 11.5. The van der Waals surface area contributed by atoms with Crippen LogP contribution >= 0.6 is 0 Å². The third kappa shape index (κ3) is 1.65. The maximum Gasteiger partial charge on any atom is 0.228 e. The fraction of sp³-hybridized carbons (Fsp3) is 0.273. The van der Waals surface area contributed by atoms with Crippen molar-refractivity contribution in [1.82, 2.24) is 9.97 Å². The van der Waals surface area contributed by atoms with Crippen molar-refractivity contribution >= 4 is 10.9 Å². The predicted octanol–water partition coefficient (Wildman–Crippen LogP) is 1.11. The molecule has 84 valence electrons. The lowest BCUT2D eigenvalue weighted by Crippen LogP contribution is -2.05. The second kappa shape index (κ2) is 4.32. The van der Waals surface area contributed by atoms with Crippen LogP contribution in [0.15, 0.2) is 18.2 Å². The highest BCUT2D eigenvalue weighted by Crippen LogP contribution is 2.31. The number of rotatable bonds is 3. The van der Waals surface area contributed by atoms with E-state index >= 15 is 0 Å². The first-order chi connectivity index (χ1) is 7.80. The van der Waals surface area contributed by atoms with E-state index < -0.39 is 0 Å². The van der Waals surface area contributed by atoms with Gasteiger partial charge in [0, 0.05) is 0 Å². The van der Waals surface area contributed by atoms with Crippen molar-refractivity contribution < 1.29 is 9.47 Å². The Hall–Kier alpha value is -1.88. The Labute approximate surface area is 93.2 Å². The van der Waals surface area contributed by atoms with Crippen LogP contribution in [-0.2, 0) is 6.54 Å². The molecule has 0 aliphatic carbocycles. The van der Waals surface area contributed by atoms with Gasteiger partial charge in [0.1, 0.15) is 17.0 Å². The smallest absolute Gasteiger partial charge is 0.228 e. The Balaban J connectivity index is 2.78. The molecule has 0 aliphatic heterocycles. The number of nitrogens with two attached hydrogens (primary N) is 1. The number of aromatic nitrogens is 2. The van der Waals surface area contributed by atoms with Gasteiger partial charge in [-0.1, -0.05) is 6.07 Å². The van der Waals surface area contributed by atoms with Crippen molar-refractivity contribution in [3.8, 4) is 11.6 Å². The molecule has 5 heteroatoms. The van der Waals surface area contributed by atoms with Gasteiger partial charge in [0.15, 0.2) is 0 Å². The van der Waals surface area contributed by atoms with Gasteiger partial charge in [-0.2, -0.15) is 4.98 Å².